The van der Waals surface area contributed by atoms with Crippen molar-refractivity contribution in [3.05, 3.63) is 0 Å². The second-order valence-corrected chi connectivity index (χ2v) is 4.04. The van der Waals surface area contributed by atoms with Gasteiger partial charge in [0.25, 0.3) is 0 Å². The molecule has 2 atom stereocenters. The van der Waals surface area contributed by atoms with E-state index in [0.29, 0.717) is 17.0 Å². The molecule has 0 radical (unpaired) electrons. The summed E-state index contributed by atoms with van der Waals surface area (Å²) in [5, 5.41) is 0. The Hall–Kier alpha value is 0.260. The van der Waals surface area contributed by atoms with E-state index in [9.17, 15) is 0 Å². The molecule has 1 aromatic heterocycles. The predicted octanol–water partition coefficient (Wildman–Crippen LogP) is 1.67. The zero-order valence-corrected chi connectivity index (χ0v) is 6.50. The van der Waals surface area contributed by atoms with Crippen LogP contribution in [0.3, 0.4) is 0 Å². The summed E-state index contributed by atoms with van der Waals surface area (Å²) in [4.78, 5) is 0. The third-order valence-corrected chi connectivity index (χ3v) is 2.92. The van der Waals surface area contributed by atoms with Gasteiger partial charge in [-0.3, -0.25) is 0 Å². The molecule has 7 heavy (non-hydrogen) atoms. The van der Waals surface area contributed by atoms with Gasteiger partial charge in [0.1, 0.15) is 8.51 Å². The number of aromatic amines is 2. The highest BCUT2D eigenvalue weighted by Crippen LogP contribution is 2.01. The van der Waals surface area contributed by atoms with Gasteiger partial charge in [0.2, 0.25) is 0 Å². The van der Waals surface area contributed by atoms with Crippen molar-refractivity contribution in [1.82, 2.24) is 19.7 Å². The van der Waals surface area contributed by atoms with Crippen LogP contribution in [-0.4, -0.2) is 13.5 Å². The number of nitrogens with zero attached hydrogens (tertiary/aromatic N) is 1. The molecule has 2 unspecified atom stereocenters. The lowest BCUT2D eigenvalue weighted by Crippen LogP contribution is -1.47. The summed E-state index contributed by atoms with van der Waals surface area (Å²) < 4.78 is 10.0. The zero-order valence-electron chi connectivity index (χ0n) is 3.60. The van der Waals surface area contributed by atoms with E-state index in [1.165, 1.54) is 0 Å². The molecule has 0 aliphatic carbocycles. The molecule has 1 aromatic rings. The molecule has 0 aromatic carbocycles. The van der Waals surface area contributed by atoms with E-state index in [1.807, 2.05) is 0 Å². The van der Waals surface area contributed by atoms with E-state index in [1.54, 1.807) is 0 Å². The van der Waals surface area contributed by atoms with Gasteiger partial charge in [-0.1, -0.05) is 0 Å². The fourth-order valence-electron chi connectivity index (χ4n) is 0.156. The Labute approximate surface area is 46.1 Å². The average molecular weight is 156 g/mol. The van der Waals surface area contributed by atoms with Crippen molar-refractivity contribution in [1.29, 1.82) is 0 Å². The van der Waals surface area contributed by atoms with Crippen molar-refractivity contribution in [2.45, 2.75) is 0 Å². The van der Waals surface area contributed by atoms with Gasteiger partial charge in [-0.2, -0.15) is 4.51 Å². The summed E-state index contributed by atoms with van der Waals surface area (Å²) in [5.41, 5.74) is 0. The topological polar surface area (TPSA) is 79.5 Å². The Morgan fingerprint density at radius 1 is 1.57 bits per heavy atom. The summed E-state index contributed by atoms with van der Waals surface area (Å²) in [5.74, 6) is 0. The Balaban J connectivity index is 0.000000360. The van der Waals surface area contributed by atoms with Crippen LogP contribution in [0.15, 0.2) is 0 Å². The fourth-order valence-corrected chi connectivity index (χ4v) is 2.81. The molecule has 0 aliphatic heterocycles. The number of hydrogen-bond acceptors (Lipinski definition) is 2. The van der Waals surface area contributed by atoms with Gasteiger partial charge >= 0.3 is 0 Å². The monoisotopic (exact) mass is 156 g/mol. The molecule has 0 aliphatic rings. The molecule has 1 rings (SSSR count). The Bertz CT molecular complexity index is 78.9. The summed E-state index contributed by atoms with van der Waals surface area (Å²) >= 11 is 0. The molecule has 0 saturated carbocycles. The number of hydrogen-bond donors (Lipinski definition) is 3. The molecule has 4 nitrogen and oxygen atoms in total. The van der Waals surface area contributed by atoms with Crippen LogP contribution in [0.5, 0.6) is 0 Å². The van der Waals surface area contributed by atoms with Crippen molar-refractivity contribution in [2.24, 2.45) is 0 Å². The minimum atomic E-state index is 0. The first-order valence-electron chi connectivity index (χ1n) is 1.40. The lowest BCUT2D eigenvalue weighted by molar-refractivity contribution is 1.69. The molecular formula is H7N4P3. The third kappa shape index (κ3) is 2.90. The van der Waals surface area contributed by atoms with Crippen molar-refractivity contribution in [2.75, 3.05) is 0 Å². The highest BCUT2D eigenvalue weighted by atomic mass is 31.1. The molecular weight excluding hydrogens is 149 g/mol. The standard InChI is InChI=1S/H4N3P3.H3N/c1-4-2-6-3-5-1;/h1,4-5H,(H,2,3);1H3. The molecule has 1 heterocycles. The molecule has 42 valence electrons. The molecule has 7 heteroatoms. The second kappa shape index (κ2) is 4.42. The smallest absolute Gasteiger partial charge is 0.138 e. The normalized spacial score (nSPS) is 10.3. The Morgan fingerprint density at radius 3 is 2.57 bits per heavy atom. The number of aromatic nitrogens is 3. The minimum absolute atomic E-state index is 0. The van der Waals surface area contributed by atoms with Gasteiger partial charge in [0.15, 0.2) is 0 Å². The van der Waals surface area contributed by atoms with Crippen molar-refractivity contribution >= 4 is 25.5 Å². The minimum Gasteiger partial charge on any atom is -0.344 e. The van der Waals surface area contributed by atoms with E-state index in [-0.39, 0.29) is 6.15 Å². The first-order chi connectivity index (χ1) is 3.00. The van der Waals surface area contributed by atoms with Gasteiger partial charge in [0.05, 0.1) is 0 Å². The average Bonchev–Trinajstić information content (AvgIpc) is 1.72. The number of H-pyrrole nitrogens is 2. The van der Waals surface area contributed by atoms with Crippen molar-refractivity contribution in [3.8, 4) is 0 Å². The molecule has 0 fully saturated rings. The van der Waals surface area contributed by atoms with Gasteiger partial charge in [-0.05, 0) is 0 Å². The highest BCUT2D eigenvalue weighted by molar-refractivity contribution is 7.43. The van der Waals surface area contributed by atoms with Crippen molar-refractivity contribution < 1.29 is 0 Å². The van der Waals surface area contributed by atoms with Gasteiger partial charge in [-0.25, -0.2) is 0 Å². The first kappa shape index (κ1) is 7.26. The summed E-state index contributed by atoms with van der Waals surface area (Å²) in [6.45, 7) is 0. The summed E-state index contributed by atoms with van der Waals surface area (Å²) in [6, 6.07) is 0. The van der Waals surface area contributed by atoms with E-state index >= 15 is 0 Å². The van der Waals surface area contributed by atoms with Crippen LogP contribution in [0.25, 0.3) is 0 Å². The maximum atomic E-state index is 3.96. The van der Waals surface area contributed by atoms with Crippen LogP contribution < -0.4 is 6.15 Å². The van der Waals surface area contributed by atoms with Gasteiger partial charge in [-0.15, -0.1) is 0 Å². The van der Waals surface area contributed by atoms with Gasteiger partial charge in [0, 0.05) is 17.0 Å². The fraction of sp³-hybridized carbons (Fsp3) is 0. The maximum Gasteiger partial charge on any atom is 0.138 e. The van der Waals surface area contributed by atoms with E-state index in [4.69, 9.17) is 0 Å². The Kier molecular flexibility index (Phi) is 4.58. The lowest BCUT2D eigenvalue weighted by atomic mass is 13.9. The predicted molar refractivity (Wildman–Crippen MR) is 37.1 cm³/mol. The van der Waals surface area contributed by atoms with Crippen LogP contribution in [-0.2, 0) is 0 Å². The molecule has 0 spiro atoms. The van der Waals surface area contributed by atoms with E-state index in [2.05, 4.69) is 13.5 Å². The second-order valence-electron chi connectivity index (χ2n) is 0.674. The van der Waals surface area contributed by atoms with Crippen LogP contribution in [0.1, 0.15) is 0 Å². The largest absolute Gasteiger partial charge is 0.344 e. The summed E-state index contributed by atoms with van der Waals surface area (Å²) in [6.07, 6.45) is 0. The molecule has 0 saturated heterocycles. The third-order valence-electron chi connectivity index (χ3n) is 0.324. The molecule has 0 amide bonds. The van der Waals surface area contributed by atoms with Crippen molar-refractivity contribution in [3.63, 3.8) is 0 Å². The highest BCUT2D eigenvalue weighted by Gasteiger charge is 1.55. The Morgan fingerprint density at radius 2 is 2.43 bits per heavy atom. The maximum absolute atomic E-state index is 3.96. The lowest BCUT2D eigenvalue weighted by Gasteiger charge is -1.75. The zero-order chi connectivity index (χ0) is 4.24. The molecule has 5 N–H and O–H groups in total. The summed E-state index contributed by atoms with van der Waals surface area (Å²) in [7, 11) is 2.36. The number of nitrogens with one attached hydrogen (secondary N) is 2. The van der Waals surface area contributed by atoms with Crippen LogP contribution in [0.2, 0.25) is 0 Å². The van der Waals surface area contributed by atoms with Crippen LogP contribution >= 0.6 is 25.5 Å². The quantitative estimate of drug-likeness (QED) is 0.533. The molecule has 0 bridgehead atoms. The SMILES string of the molecule is N.n1p[nH][pH][nH][pH]1. The van der Waals surface area contributed by atoms with E-state index < -0.39 is 0 Å². The first-order valence-corrected chi connectivity index (χ1v) is 4.19. The van der Waals surface area contributed by atoms with Crippen LogP contribution in [0, 0.1) is 0 Å². The number of rotatable bonds is 0. The van der Waals surface area contributed by atoms with Gasteiger partial charge < -0.3 is 15.2 Å². The van der Waals surface area contributed by atoms with Crippen LogP contribution in [0.4, 0.5) is 0 Å². The van der Waals surface area contributed by atoms with E-state index in [0.717, 1.165) is 8.51 Å².